The molecule has 1 aromatic heterocycles. The summed E-state index contributed by atoms with van der Waals surface area (Å²) in [4.78, 5) is 16.5. The molecular formula is C15H18N2O2. The van der Waals surface area contributed by atoms with Crippen LogP contribution in [0.3, 0.4) is 0 Å². The van der Waals surface area contributed by atoms with Crippen molar-refractivity contribution in [2.75, 3.05) is 13.1 Å². The maximum Gasteiger partial charge on any atom is 0.329 e. The largest absolute Gasteiger partial charge is 0.337 e. The normalized spacial score (nSPS) is 16.7. The molecule has 2 heterocycles. The number of nitrogens with one attached hydrogen (secondary N) is 1. The lowest BCUT2D eigenvalue weighted by atomic mass is 9.90. The van der Waals surface area contributed by atoms with Crippen molar-refractivity contribution in [3.05, 3.63) is 36.0 Å². The van der Waals surface area contributed by atoms with E-state index in [4.69, 9.17) is 4.84 Å². The third-order valence-corrected chi connectivity index (χ3v) is 3.71. The SMILES string of the molecule is CC(=O)On1cc(C2CCNCC2)c2ccccc21. The van der Waals surface area contributed by atoms with E-state index in [0.29, 0.717) is 5.92 Å². The highest BCUT2D eigenvalue weighted by molar-refractivity contribution is 5.85. The third-order valence-electron chi connectivity index (χ3n) is 3.71. The van der Waals surface area contributed by atoms with Gasteiger partial charge in [0, 0.05) is 18.5 Å². The number of carbonyl (C=O) groups excluding carboxylic acids is 1. The van der Waals surface area contributed by atoms with Crippen molar-refractivity contribution in [2.45, 2.75) is 25.7 Å². The van der Waals surface area contributed by atoms with E-state index in [2.05, 4.69) is 11.4 Å². The monoisotopic (exact) mass is 258 g/mol. The van der Waals surface area contributed by atoms with Gasteiger partial charge in [0.1, 0.15) is 0 Å². The molecule has 0 amide bonds. The number of rotatable bonds is 2. The van der Waals surface area contributed by atoms with Crippen LogP contribution in [0.5, 0.6) is 0 Å². The van der Waals surface area contributed by atoms with Crippen LogP contribution in [0.4, 0.5) is 0 Å². The summed E-state index contributed by atoms with van der Waals surface area (Å²) in [6, 6.07) is 8.09. The molecule has 0 atom stereocenters. The Bertz CT molecular complexity index is 597. The second kappa shape index (κ2) is 5.05. The van der Waals surface area contributed by atoms with E-state index >= 15 is 0 Å². The highest BCUT2D eigenvalue weighted by atomic mass is 16.7. The summed E-state index contributed by atoms with van der Waals surface area (Å²) >= 11 is 0. The number of benzene rings is 1. The molecule has 2 aromatic rings. The Kier molecular flexibility index (Phi) is 3.25. The van der Waals surface area contributed by atoms with Gasteiger partial charge in [-0.25, -0.2) is 4.79 Å². The second-order valence-corrected chi connectivity index (χ2v) is 5.03. The first-order valence-corrected chi connectivity index (χ1v) is 6.75. The van der Waals surface area contributed by atoms with Crippen molar-refractivity contribution >= 4 is 16.9 Å². The Balaban J connectivity index is 2.05. The predicted octanol–water partition coefficient (Wildman–Crippen LogP) is 2.08. The minimum absolute atomic E-state index is 0.294. The fraction of sp³-hybridized carbons (Fsp3) is 0.400. The molecule has 1 N–H and O–H groups in total. The molecule has 1 saturated heterocycles. The van der Waals surface area contributed by atoms with Crippen LogP contribution < -0.4 is 10.2 Å². The molecule has 0 radical (unpaired) electrons. The van der Waals surface area contributed by atoms with Gasteiger partial charge >= 0.3 is 5.97 Å². The molecule has 0 unspecified atom stereocenters. The number of hydrogen-bond donors (Lipinski definition) is 1. The van der Waals surface area contributed by atoms with Crippen LogP contribution in [-0.4, -0.2) is 23.8 Å². The Morgan fingerprint density at radius 1 is 1.32 bits per heavy atom. The molecule has 100 valence electrons. The van der Waals surface area contributed by atoms with Gasteiger partial charge in [0.2, 0.25) is 0 Å². The van der Waals surface area contributed by atoms with Crippen molar-refractivity contribution in [3.8, 4) is 0 Å². The summed E-state index contributed by atoms with van der Waals surface area (Å²) in [7, 11) is 0. The Labute approximate surface area is 112 Å². The number of fused-ring (bicyclic) bond motifs is 1. The summed E-state index contributed by atoms with van der Waals surface area (Å²) in [5.74, 6) is 0.251. The fourth-order valence-electron chi connectivity index (χ4n) is 2.85. The van der Waals surface area contributed by atoms with Crippen LogP contribution in [0, 0.1) is 0 Å². The topological polar surface area (TPSA) is 43.3 Å². The Morgan fingerprint density at radius 3 is 2.79 bits per heavy atom. The van der Waals surface area contributed by atoms with Gasteiger partial charge in [-0.05, 0) is 43.5 Å². The van der Waals surface area contributed by atoms with Gasteiger partial charge in [-0.15, -0.1) is 0 Å². The first-order valence-electron chi connectivity index (χ1n) is 6.75. The van der Waals surface area contributed by atoms with E-state index < -0.39 is 0 Å². The Hall–Kier alpha value is -1.81. The van der Waals surface area contributed by atoms with Crippen LogP contribution in [0.15, 0.2) is 30.5 Å². The van der Waals surface area contributed by atoms with Crippen LogP contribution >= 0.6 is 0 Å². The van der Waals surface area contributed by atoms with Crippen molar-refractivity contribution in [3.63, 3.8) is 0 Å². The molecule has 1 fully saturated rings. The van der Waals surface area contributed by atoms with Gasteiger partial charge in [-0.3, -0.25) is 0 Å². The van der Waals surface area contributed by atoms with E-state index in [-0.39, 0.29) is 5.97 Å². The summed E-state index contributed by atoms with van der Waals surface area (Å²) in [5, 5.41) is 4.57. The highest BCUT2D eigenvalue weighted by Gasteiger charge is 2.20. The number of para-hydroxylation sites is 1. The zero-order valence-electron chi connectivity index (χ0n) is 11.1. The van der Waals surface area contributed by atoms with Crippen LogP contribution in [0.25, 0.3) is 10.9 Å². The average Bonchev–Trinajstić information content (AvgIpc) is 2.78. The molecule has 0 saturated carbocycles. The minimum Gasteiger partial charge on any atom is -0.337 e. The summed E-state index contributed by atoms with van der Waals surface area (Å²) in [6.07, 6.45) is 4.24. The molecule has 0 bridgehead atoms. The van der Waals surface area contributed by atoms with Crippen molar-refractivity contribution in [2.24, 2.45) is 0 Å². The molecule has 1 aromatic carbocycles. The summed E-state index contributed by atoms with van der Waals surface area (Å²) < 4.78 is 1.61. The van der Waals surface area contributed by atoms with Crippen LogP contribution in [0.1, 0.15) is 31.2 Å². The van der Waals surface area contributed by atoms with E-state index in [1.807, 2.05) is 24.4 Å². The molecule has 0 spiro atoms. The standard InChI is InChI=1S/C15H18N2O2/c1-11(18)19-17-10-14(12-6-8-16-9-7-12)13-4-2-3-5-15(13)17/h2-5,10,12,16H,6-9H2,1H3. The molecule has 1 aliphatic heterocycles. The molecule has 0 aliphatic carbocycles. The zero-order chi connectivity index (χ0) is 13.2. The van der Waals surface area contributed by atoms with Gasteiger partial charge in [-0.1, -0.05) is 18.2 Å². The maximum atomic E-state index is 11.2. The van der Waals surface area contributed by atoms with Crippen molar-refractivity contribution in [1.29, 1.82) is 0 Å². The van der Waals surface area contributed by atoms with Crippen LogP contribution in [-0.2, 0) is 4.79 Å². The molecule has 19 heavy (non-hydrogen) atoms. The first-order chi connectivity index (χ1) is 9.25. The Morgan fingerprint density at radius 2 is 2.05 bits per heavy atom. The number of nitrogens with zero attached hydrogens (tertiary/aromatic N) is 1. The average molecular weight is 258 g/mol. The lowest BCUT2D eigenvalue weighted by Crippen LogP contribution is -2.26. The number of piperidine rings is 1. The van der Waals surface area contributed by atoms with Gasteiger partial charge < -0.3 is 10.2 Å². The highest BCUT2D eigenvalue weighted by Crippen LogP contribution is 2.32. The van der Waals surface area contributed by atoms with Crippen molar-refractivity contribution < 1.29 is 9.63 Å². The smallest absolute Gasteiger partial charge is 0.329 e. The maximum absolute atomic E-state index is 11.2. The van der Waals surface area contributed by atoms with Gasteiger partial charge in [0.15, 0.2) is 0 Å². The second-order valence-electron chi connectivity index (χ2n) is 5.03. The first kappa shape index (κ1) is 12.2. The third kappa shape index (κ3) is 2.36. The predicted molar refractivity (Wildman–Crippen MR) is 74.0 cm³/mol. The quantitative estimate of drug-likeness (QED) is 0.897. The van der Waals surface area contributed by atoms with E-state index in [1.165, 1.54) is 17.9 Å². The lowest BCUT2D eigenvalue weighted by Gasteiger charge is -2.22. The number of hydrogen-bond acceptors (Lipinski definition) is 3. The van der Waals surface area contributed by atoms with Crippen molar-refractivity contribution in [1.82, 2.24) is 10.0 Å². The molecular weight excluding hydrogens is 240 g/mol. The van der Waals surface area contributed by atoms with Gasteiger partial charge in [0.25, 0.3) is 0 Å². The lowest BCUT2D eigenvalue weighted by molar-refractivity contribution is -0.140. The number of aromatic nitrogens is 1. The molecule has 4 heteroatoms. The van der Waals surface area contributed by atoms with E-state index in [0.717, 1.165) is 31.4 Å². The summed E-state index contributed by atoms with van der Waals surface area (Å²) in [5.41, 5.74) is 2.25. The zero-order valence-corrected chi connectivity index (χ0v) is 11.1. The van der Waals surface area contributed by atoms with Gasteiger partial charge in [0.05, 0.1) is 5.52 Å². The fourth-order valence-corrected chi connectivity index (χ4v) is 2.85. The molecule has 1 aliphatic rings. The minimum atomic E-state index is -0.294. The van der Waals surface area contributed by atoms with Crippen LogP contribution in [0.2, 0.25) is 0 Å². The summed E-state index contributed by atoms with van der Waals surface area (Å²) in [6.45, 7) is 3.54. The number of carbonyl (C=O) groups is 1. The van der Waals surface area contributed by atoms with E-state index in [9.17, 15) is 4.79 Å². The van der Waals surface area contributed by atoms with Gasteiger partial charge in [-0.2, -0.15) is 4.73 Å². The van der Waals surface area contributed by atoms with E-state index in [1.54, 1.807) is 4.73 Å². The molecule has 3 rings (SSSR count). The molecule has 4 nitrogen and oxygen atoms in total.